The summed E-state index contributed by atoms with van der Waals surface area (Å²) < 4.78 is 5.66. The SMILES string of the molecule is C[C@@H]1C[C@H]1c1ccc(/C=N\NC(=O)c2cccc(Cl)c2)o1. The average Bonchev–Trinajstić information content (AvgIpc) is 3.01. The van der Waals surface area contributed by atoms with Crippen LogP contribution in [0.3, 0.4) is 0 Å². The number of hydrazone groups is 1. The van der Waals surface area contributed by atoms with Crippen LogP contribution in [0.1, 0.15) is 41.1 Å². The van der Waals surface area contributed by atoms with Crippen molar-refractivity contribution in [1.82, 2.24) is 5.43 Å². The molecule has 1 amide bonds. The summed E-state index contributed by atoms with van der Waals surface area (Å²) in [4.78, 5) is 11.8. The largest absolute Gasteiger partial charge is 0.460 e. The Labute approximate surface area is 127 Å². The molecule has 1 aromatic carbocycles. The van der Waals surface area contributed by atoms with E-state index in [9.17, 15) is 4.79 Å². The molecule has 0 spiro atoms. The average molecular weight is 303 g/mol. The number of carbonyl (C=O) groups excluding carboxylic acids is 1. The van der Waals surface area contributed by atoms with E-state index >= 15 is 0 Å². The van der Waals surface area contributed by atoms with Gasteiger partial charge in [0.15, 0.2) is 0 Å². The van der Waals surface area contributed by atoms with Crippen molar-refractivity contribution in [3.05, 3.63) is 58.5 Å². The van der Waals surface area contributed by atoms with Crippen molar-refractivity contribution in [3.8, 4) is 0 Å². The second kappa shape index (κ2) is 5.74. The summed E-state index contributed by atoms with van der Waals surface area (Å²) in [6.07, 6.45) is 2.68. The smallest absolute Gasteiger partial charge is 0.271 e. The highest BCUT2D eigenvalue weighted by Crippen LogP contribution is 2.47. The fourth-order valence-corrected chi connectivity index (χ4v) is 2.39. The number of hydrogen-bond donors (Lipinski definition) is 1. The minimum atomic E-state index is -0.309. The minimum absolute atomic E-state index is 0.309. The molecule has 3 rings (SSSR count). The maximum absolute atomic E-state index is 11.8. The van der Waals surface area contributed by atoms with Gasteiger partial charge in [0.2, 0.25) is 0 Å². The van der Waals surface area contributed by atoms with Crippen LogP contribution in [0, 0.1) is 5.92 Å². The maximum Gasteiger partial charge on any atom is 0.271 e. The Bertz CT molecular complexity index is 693. The lowest BCUT2D eigenvalue weighted by molar-refractivity contribution is 0.0955. The topological polar surface area (TPSA) is 54.6 Å². The zero-order valence-electron chi connectivity index (χ0n) is 11.5. The number of halogens is 1. The van der Waals surface area contributed by atoms with E-state index in [0.29, 0.717) is 28.2 Å². The first-order valence-corrected chi connectivity index (χ1v) is 7.20. The molecule has 21 heavy (non-hydrogen) atoms. The zero-order chi connectivity index (χ0) is 14.8. The van der Waals surface area contributed by atoms with Crippen molar-refractivity contribution in [2.24, 2.45) is 11.0 Å². The van der Waals surface area contributed by atoms with Gasteiger partial charge in [-0.3, -0.25) is 4.79 Å². The summed E-state index contributed by atoms with van der Waals surface area (Å²) >= 11 is 5.84. The third-order valence-corrected chi connectivity index (χ3v) is 3.80. The van der Waals surface area contributed by atoms with Crippen LogP contribution in [0.4, 0.5) is 0 Å². The van der Waals surface area contributed by atoms with Crippen LogP contribution < -0.4 is 5.43 Å². The molecule has 2 aromatic rings. The molecule has 5 heteroatoms. The zero-order valence-corrected chi connectivity index (χ0v) is 12.3. The minimum Gasteiger partial charge on any atom is -0.460 e. The number of hydrogen-bond acceptors (Lipinski definition) is 3. The van der Waals surface area contributed by atoms with E-state index in [1.165, 1.54) is 12.6 Å². The van der Waals surface area contributed by atoms with Crippen LogP contribution in [0.2, 0.25) is 5.02 Å². The van der Waals surface area contributed by atoms with Crippen molar-refractivity contribution in [2.45, 2.75) is 19.3 Å². The predicted octanol–water partition coefficient (Wildman–Crippen LogP) is 3.82. The van der Waals surface area contributed by atoms with Gasteiger partial charge in [-0.2, -0.15) is 5.10 Å². The molecule has 1 aliphatic carbocycles. The molecule has 0 saturated heterocycles. The van der Waals surface area contributed by atoms with Crippen LogP contribution in [-0.4, -0.2) is 12.1 Å². The summed E-state index contributed by atoms with van der Waals surface area (Å²) in [7, 11) is 0. The Morgan fingerprint density at radius 2 is 2.24 bits per heavy atom. The van der Waals surface area contributed by atoms with Crippen LogP contribution in [0.5, 0.6) is 0 Å². The van der Waals surface area contributed by atoms with Gasteiger partial charge in [-0.1, -0.05) is 24.6 Å². The Hall–Kier alpha value is -2.07. The highest BCUT2D eigenvalue weighted by molar-refractivity contribution is 6.30. The molecule has 1 N–H and O–H groups in total. The number of carbonyl (C=O) groups is 1. The Balaban J connectivity index is 1.59. The monoisotopic (exact) mass is 302 g/mol. The Morgan fingerprint density at radius 3 is 2.95 bits per heavy atom. The van der Waals surface area contributed by atoms with E-state index in [0.717, 1.165) is 5.76 Å². The van der Waals surface area contributed by atoms with Gasteiger partial charge >= 0.3 is 0 Å². The summed E-state index contributed by atoms with van der Waals surface area (Å²) in [6.45, 7) is 2.20. The third kappa shape index (κ3) is 3.34. The molecule has 0 aliphatic heterocycles. The van der Waals surface area contributed by atoms with Crippen molar-refractivity contribution in [1.29, 1.82) is 0 Å². The van der Waals surface area contributed by atoms with Gasteiger partial charge in [-0.15, -0.1) is 0 Å². The number of rotatable bonds is 4. The molecule has 0 radical (unpaired) electrons. The first-order valence-electron chi connectivity index (χ1n) is 6.82. The highest BCUT2D eigenvalue weighted by atomic mass is 35.5. The third-order valence-electron chi connectivity index (χ3n) is 3.57. The molecule has 1 fully saturated rings. The molecule has 1 heterocycles. The van der Waals surface area contributed by atoms with Gasteiger partial charge in [-0.25, -0.2) is 5.43 Å². The molecule has 0 bridgehead atoms. The second-order valence-electron chi connectivity index (χ2n) is 5.27. The molecule has 1 saturated carbocycles. The van der Waals surface area contributed by atoms with Crippen LogP contribution >= 0.6 is 11.6 Å². The number of nitrogens with one attached hydrogen (secondary N) is 1. The number of benzene rings is 1. The molecule has 4 nitrogen and oxygen atoms in total. The maximum atomic E-state index is 11.8. The van der Waals surface area contributed by atoms with Crippen molar-refractivity contribution in [3.63, 3.8) is 0 Å². The van der Waals surface area contributed by atoms with Gasteiger partial charge < -0.3 is 4.42 Å². The second-order valence-corrected chi connectivity index (χ2v) is 5.71. The van der Waals surface area contributed by atoms with E-state index in [2.05, 4.69) is 17.5 Å². The highest BCUT2D eigenvalue weighted by Gasteiger charge is 2.36. The van der Waals surface area contributed by atoms with Gasteiger partial charge in [0.05, 0.1) is 6.21 Å². The van der Waals surface area contributed by atoms with E-state index in [4.69, 9.17) is 16.0 Å². The van der Waals surface area contributed by atoms with Gasteiger partial charge in [-0.05, 0) is 42.7 Å². The normalized spacial score (nSPS) is 20.7. The van der Waals surface area contributed by atoms with Crippen molar-refractivity contribution < 1.29 is 9.21 Å². The summed E-state index contributed by atoms with van der Waals surface area (Å²) in [6, 6.07) is 10.5. The molecule has 0 unspecified atom stereocenters. The van der Waals surface area contributed by atoms with E-state index in [1.54, 1.807) is 24.3 Å². The summed E-state index contributed by atoms with van der Waals surface area (Å²) in [5.41, 5.74) is 2.91. The molecular weight excluding hydrogens is 288 g/mol. The number of nitrogens with zero attached hydrogens (tertiary/aromatic N) is 1. The molecular formula is C16H15ClN2O2. The van der Waals surface area contributed by atoms with Crippen molar-refractivity contribution in [2.75, 3.05) is 0 Å². The van der Waals surface area contributed by atoms with E-state index < -0.39 is 0 Å². The number of amides is 1. The molecule has 108 valence electrons. The lowest BCUT2D eigenvalue weighted by Crippen LogP contribution is -2.17. The van der Waals surface area contributed by atoms with Crippen LogP contribution in [0.15, 0.2) is 45.9 Å². The summed E-state index contributed by atoms with van der Waals surface area (Å²) in [5, 5.41) is 4.41. The lowest BCUT2D eigenvalue weighted by Gasteiger charge is -1.99. The van der Waals surface area contributed by atoms with Crippen LogP contribution in [-0.2, 0) is 0 Å². The summed E-state index contributed by atoms with van der Waals surface area (Å²) in [5.74, 6) is 2.55. The van der Waals surface area contributed by atoms with Gasteiger partial charge in [0.25, 0.3) is 5.91 Å². The fraction of sp³-hybridized carbons (Fsp3) is 0.250. The Morgan fingerprint density at radius 1 is 1.43 bits per heavy atom. The molecule has 1 aromatic heterocycles. The van der Waals surface area contributed by atoms with Crippen molar-refractivity contribution >= 4 is 23.7 Å². The number of furan rings is 1. The lowest BCUT2D eigenvalue weighted by atomic mass is 10.2. The first kappa shape index (κ1) is 13.9. The van der Waals surface area contributed by atoms with E-state index in [-0.39, 0.29) is 5.91 Å². The Kier molecular flexibility index (Phi) is 3.80. The van der Waals surface area contributed by atoms with E-state index in [1.807, 2.05) is 12.1 Å². The van der Waals surface area contributed by atoms with Crippen LogP contribution in [0.25, 0.3) is 0 Å². The van der Waals surface area contributed by atoms with Gasteiger partial charge in [0.1, 0.15) is 11.5 Å². The standard InChI is InChI=1S/C16H15ClN2O2/c1-10-7-14(10)15-6-5-13(21-15)9-18-19-16(20)11-3-2-4-12(17)8-11/h2-6,8-10,14H,7H2,1H3,(H,19,20)/b18-9-/t10-,14-/m1/s1. The predicted molar refractivity (Wildman–Crippen MR) is 81.7 cm³/mol. The molecule has 2 atom stereocenters. The molecule has 1 aliphatic rings. The fourth-order valence-electron chi connectivity index (χ4n) is 2.20. The van der Waals surface area contributed by atoms with Gasteiger partial charge in [0, 0.05) is 16.5 Å². The quantitative estimate of drug-likeness (QED) is 0.689. The first-order chi connectivity index (χ1) is 10.1.